The van der Waals surface area contributed by atoms with Gasteiger partial charge in [-0.15, -0.1) is 0 Å². The highest BCUT2D eigenvalue weighted by Crippen LogP contribution is 2.39. The quantitative estimate of drug-likeness (QED) is 0.426. The van der Waals surface area contributed by atoms with Crippen LogP contribution in [0.3, 0.4) is 0 Å². The average Bonchev–Trinajstić information content (AvgIpc) is 3.32. The number of hydrogen-bond acceptors (Lipinski definition) is 3. The number of aryl methyl sites for hydroxylation is 3. The molecule has 2 aliphatic heterocycles. The summed E-state index contributed by atoms with van der Waals surface area (Å²) in [6.07, 6.45) is 9.14. The number of piperidine rings is 1. The van der Waals surface area contributed by atoms with Gasteiger partial charge in [-0.3, -0.25) is 9.59 Å². The highest BCUT2D eigenvalue weighted by molar-refractivity contribution is 5.85. The Hall–Kier alpha value is -3.28. The van der Waals surface area contributed by atoms with Crippen molar-refractivity contribution in [2.45, 2.75) is 77.9 Å². The summed E-state index contributed by atoms with van der Waals surface area (Å²) in [5, 5.41) is 1.26. The Morgan fingerprint density at radius 3 is 2.56 bits per heavy atom. The Morgan fingerprint density at radius 2 is 1.77 bits per heavy atom. The number of rotatable bonds is 4. The van der Waals surface area contributed by atoms with Crippen molar-refractivity contribution in [1.82, 2.24) is 14.4 Å². The van der Waals surface area contributed by atoms with Crippen LogP contribution in [0.25, 0.3) is 10.9 Å². The van der Waals surface area contributed by atoms with Crippen LogP contribution in [0.15, 0.2) is 54.7 Å². The summed E-state index contributed by atoms with van der Waals surface area (Å²) in [6, 6.07) is 16.6. The standard InChI is InChI=1S/C33H43N3O3/c1-4-35-23-27(28-13-6-7-14-29(28)35)16-17-31(37)36-21-19-33(20-22-36)18-10-9-12-26-11-5-8-15-30(26)39-25(2)32(38)34(3)24-33/h5-8,11,13-15,23,25H,4,9-10,12,16-22,24H2,1-3H3/t25-/m1/s1. The maximum absolute atomic E-state index is 13.3. The monoisotopic (exact) mass is 529 g/mol. The summed E-state index contributed by atoms with van der Waals surface area (Å²) >= 11 is 0. The number of carbonyl (C=O) groups is 2. The number of para-hydroxylation sites is 2. The molecule has 1 atom stereocenters. The minimum Gasteiger partial charge on any atom is -0.481 e. The van der Waals surface area contributed by atoms with E-state index in [1.165, 1.54) is 22.0 Å². The maximum Gasteiger partial charge on any atom is 0.263 e. The van der Waals surface area contributed by atoms with E-state index in [-0.39, 0.29) is 17.2 Å². The third kappa shape index (κ3) is 6.00. The molecule has 2 amide bonds. The van der Waals surface area contributed by atoms with Gasteiger partial charge in [-0.2, -0.15) is 0 Å². The van der Waals surface area contributed by atoms with Crippen LogP contribution in [-0.2, 0) is 29.0 Å². The van der Waals surface area contributed by atoms with Crippen LogP contribution >= 0.6 is 0 Å². The zero-order valence-corrected chi connectivity index (χ0v) is 23.8. The summed E-state index contributed by atoms with van der Waals surface area (Å²) in [5.74, 6) is 1.09. The fourth-order valence-electron chi connectivity index (χ4n) is 6.67. The summed E-state index contributed by atoms with van der Waals surface area (Å²) in [4.78, 5) is 30.4. The number of nitrogens with zero attached hydrogens (tertiary/aromatic N) is 3. The van der Waals surface area contributed by atoms with Crippen molar-refractivity contribution in [3.8, 4) is 5.75 Å². The number of amides is 2. The zero-order valence-electron chi connectivity index (χ0n) is 23.8. The molecular weight excluding hydrogens is 486 g/mol. The topological polar surface area (TPSA) is 54.8 Å². The predicted molar refractivity (Wildman–Crippen MR) is 156 cm³/mol. The van der Waals surface area contributed by atoms with Gasteiger partial charge in [0.1, 0.15) is 5.75 Å². The van der Waals surface area contributed by atoms with Crippen LogP contribution < -0.4 is 4.74 Å². The molecule has 0 unspecified atom stereocenters. The molecule has 1 aromatic heterocycles. The molecule has 3 heterocycles. The average molecular weight is 530 g/mol. The predicted octanol–water partition coefficient (Wildman–Crippen LogP) is 5.85. The SMILES string of the molecule is CCn1cc(CCC(=O)N2CCC3(CCCCc4ccccc4O[C@H](C)C(=O)N(C)C3)CC2)c2ccccc21. The number of ether oxygens (including phenoxy) is 1. The van der Waals surface area contributed by atoms with Crippen LogP contribution in [-0.4, -0.2) is 59.0 Å². The van der Waals surface area contributed by atoms with Crippen LogP contribution in [0.4, 0.5) is 0 Å². The van der Waals surface area contributed by atoms with Gasteiger partial charge >= 0.3 is 0 Å². The van der Waals surface area contributed by atoms with Gasteiger partial charge in [-0.1, -0.05) is 42.8 Å². The molecule has 6 heteroatoms. The van der Waals surface area contributed by atoms with E-state index in [0.717, 1.165) is 76.9 Å². The van der Waals surface area contributed by atoms with Crippen molar-refractivity contribution in [2.24, 2.45) is 5.41 Å². The van der Waals surface area contributed by atoms with E-state index >= 15 is 0 Å². The number of carbonyl (C=O) groups excluding carboxylic acids is 2. The Morgan fingerprint density at radius 1 is 1.03 bits per heavy atom. The Kier molecular flexibility index (Phi) is 8.29. The third-order valence-corrected chi connectivity index (χ3v) is 8.97. The normalized spacial score (nSPS) is 20.3. The second kappa shape index (κ2) is 11.8. The van der Waals surface area contributed by atoms with Crippen molar-refractivity contribution in [3.63, 3.8) is 0 Å². The van der Waals surface area contributed by atoms with E-state index < -0.39 is 6.10 Å². The summed E-state index contributed by atoms with van der Waals surface area (Å²) in [6.45, 7) is 7.20. The van der Waals surface area contributed by atoms with Crippen LogP contribution in [0, 0.1) is 5.41 Å². The third-order valence-electron chi connectivity index (χ3n) is 8.97. The fourth-order valence-corrected chi connectivity index (χ4v) is 6.67. The second-order valence-electron chi connectivity index (χ2n) is 11.6. The van der Waals surface area contributed by atoms with Gasteiger partial charge in [0, 0.05) is 56.7 Å². The number of likely N-dealkylation sites (tertiary alicyclic amines) is 1. The van der Waals surface area contributed by atoms with E-state index in [2.05, 4.69) is 52.9 Å². The molecule has 0 bridgehead atoms. The molecule has 1 fully saturated rings. The van der Waals surface area contributed by atoms with Crippen LogP contribution in [0.2, 0.25) is 0 Å². The van der Waals surface area contributed by atoms with Crippen molar-refractivity contribution < 1.29 is 14.3 Å². The first-order chi connectivity index (χ1) is 18.9. The Balaban J connectivity index is 1.22. The van der Waals surface area contributed by atoms with E-state index in [4.69, 9.17) is 4.74 Å². The lowest BCUT2D eigenvalue weighted by molar-refractivity contribution is -0.140. The van der Waals surface area contributed by atoms with E-state index in [9.17, 15) is 9.59 Å². The molecule has 1 spiro atoms. The highest BCUT2D eigenvalue weighted by atomic mass is 16.5. The first kappa shape index (κ1) is 27.3. The Labute approximate surface area is 232 Å². The van der Waals surface area contributed by atoms with Crippen molar-refractivity contribution in [2.75, 3.05) is 26.7 Å². The molecule has 5 rings (SSSR count). The lowest BCUT2D eigenvalue weighted by atomic mass is 9.73. The largest absolute Gasteiger partial charge is 0.481 e. The molecule has 2 aliphatic rings. The minimum absolute atomic E-state index is 0.0227. The summed E-state index contributed by atoms with van der Waals surface area (Å²) in [5.41, 5.74) is 3.73. The van der Waals surface area contributed by atoms with E-state index in [1.807, 2.05) is 37.1 Å². The number of fused-ring (bicyclic) bond motifs is 2. The van der Waals surface area contributed by atoms with Crippen LogP contribution in [0.1, 0.15) is 63.5 Å². The smallest absolute Gasteiger partial charge is 0.263 e. The fraction of sp³-hybridized carbons (Fsp3) is 0.515. The first-order valence-corrected chi connectivity index (χ1v) is 14.7. The van der Waals surface area contributed by atoms with E-state index in [1.54, 1.807) is 0 Å². The molecule has 208 valence electrons. The molecular formula is C33H43N3O3. The second-order valence-corrected chi connectivity index (χ2v) is 11.6. The van der Waals surface area contributed by atoms with Gasteiger partial charge in [-0.25, -0.2) is 0 Å². The van der Waals surface area contributed by atoms with Crippen molar-refractivity contribution >= 4 is 22.7 Å². The zero-order chi connectivity index (χ0) is 27.4. The number of aromatic nitrogens is 1. The van der Waals surface area contributed by atoms with Gasteiger partial charge in [0.15, 0.2) is 6.10 Å². The van der Waals surface area contributed by atoms with Gasteiger partial charge in [0.05, 0.1) is 0 Å². The number of hydrogen-bond donors (Lipinski definition) is 0. The summed E-state index contributed by atoms with van der Waals surface area (Å²) in [7, 11) is 1.91. The number of benzene rings is 2. The van der Waals surface area contributed by atoms with Crippen LogP contribution in [0.5, 0.6) is 5.75 Å². The van der Waals surface area contributed by atoms with Gasteiger partial charge in [0.2, 0.25) is 5.91 Å². The molecule has 0 saturated carbocycles. The maximum atomic E-state index is 13.3. The molecule has 39 heavy (non-hydrogen) atoms. The lowest BCUT2D eigenvalue weighted by Gasteiger charge is -2.44. The first-order valence-electron chi connectivity index (χ1n) is 14.7. The molecule has 1 saturated heterocycles. The highest BCUT2D eigenvalue weighted by Gasteiger charge is 2.38. The van der Waals surface area contributed by atoms with E-state index in [0.29, 0.717) is 6.42 Å². The van der Waals surface area contributed by atoms with Gasteiger partial charge < -0.3 is 19.1 Å². The number of likely N-dealkylation sites (N-methyl/N-ethyl adjacent to an activating group) is 1. The van der Waals surface area contributed by atoms with Crippen molar-refractivity contribution in [1.29, 1.82) is 0 Å². The molecule has 6 nitrogen and oxygen atoms in total. The summed E-state index contributed by atoms with van der Waals surface area (Å²) < 4.78 is 8.40. The molecule has 2 aromatic carbocycles. The van der Waals surface area contributed by atoms with Gasteiger partial charge in [0.25, 0.3) is 5.91 Å². The lowest BCUT2D eigenvalue weighted by Crippen LogP contribution is -2.50. The molecule has 0 N–H and O–H groups in total. The van der Waals surface area contributed by atoms with Gasteiger partial charge in [-0.05, 0) is 81.0 Å². The minimum atomic E-state index is -0.520. The molecule has 0 aliphatic carbocycles. The molecule has 3 aromatic rings. The Bertz CT molecular complexity index is 1300. The molecule has 0 radical (unpaired) electrons. The van der Waals surface area contributed by atoms with Crippen molar-refractivity contribution in [3.05, 3.63) is 65.9 Å².